The lowest BCUT2D eigenvalue weighted by Crippen LogP contribution is -2.14. The molecule has 5 nitrogen and oxygen atoms in total. The van der Waals surface area contributed by atoms with E-state index in [0.717, 1.165) is 0 Å². The van der Waals surface area contributed by atoms with Crippen LogP contribution >= 0.6 is 11.6 Å². The summed E-state index contributed by atoms with van der Waals surface area (Å²) in [6, 6.07) is 5.24. The van der Waals surface area contributed by atoms with Crippen LogP contribution in [0.4, 0.5) is 17.6 Å². The van der Waals surface area contributed by atoms with Gasteiger partial charge in [-0.1, -0.05) is 28.9 Å². The number of nitrogens with zero attached hydrogens (tertiary/aromatic N) is 1. The van der Waals surface area contributed by atoms with Crippen molar-refractivity contribution < 1.29 is 30.5 Å². The number of benzene rings is 2. The van der Waals surface area contributed by atoms with Crippen LogP contribution in [0.1, 0.15) is 17.7 Å². The first kappa shape index (κ1) is 20.3. The quantitative estimate of drug-likeness (QED) is 0.596. The molecule has 0 saturated heterocycles. The Bertz CT molecular complexity index is 1180. The predicted octanol–water partition coefficient (Wildman–Crippen LogP) is 4.83. The van der Waals surface area contributed by atoms with Crippen LogP contribution in [0, 0.1) is 18.6 Å². The normalized spacial score (nSPS) is 12.0. The number of hydrogen-bond donors (Lipinski definition) is 1. The van der Waals surface area contributed by atoms with E-state index in [1.807, 2.05) is 0 Å². The lowest BCUT2D eigenvalue weighted by molar-refractivity contribution is 0.113. The fourth-order valence-electron chi connectivity index (χ4n) is 2.59. The summed E-state index contributed by atoms with van der Waals surface area (Å²) in [4.78, 5) is -1.11. The molecule has 3 rings (SSSR count). The van der Waals surface area contributed by atoms with Gasteiger partial charge in [-0.3, -0.25) is 0 Å². The van der Waals surface area contributed by atoms with Crippen LogP contribution in [0.3, 0.4) is 0 Å². The summed E-state index contributed by atoms with van der Waals surface area (Å²) in [6.07, 6.45) is -3.20. The van der Waals surface area contributed by atoms with Crippen molar-refractivity contribution in [1.82, 2.24) is 5.16 Å². The van der Waals surface area contributed by atoms with Crippen molar-refractivity contribution in [2.75, 3.05) is 0 Å². The van der Waals surface area contributed by atoms with Gasteiger partial charge in [-0.25, -0.2) is 31.1 Å². The number of primary sulfonamides is 1. The third-order valence-electron chi connectivity index (χ3n) is 3.96. The molecule has 11 heteroatoms. The van der Waals surface area contributed by atoms with Crippen LogP contribution in [-0.4, -0.2) is 13.6 Å². The standard InChI is InChI=1S/C17H11ClF4N2O3S/c1-7-2-3-8(4-10(7)18)15-14(16(17(21)22)27-24-15)9-5-12(20)13(6-11(9)19)28(23,25)26/h2-6,17H,1H3,(H2,23,25,26). The molecule has 0 fully saturated rings. The van der Waals surface area contributed by atoms with Gasteiger partial charge in [0.1, 0.15) is 22.2 Å². The Morgan fingerprint density at radius 1 is 1.14 bits per heavy atom. The number of aryl methyl sites for hydroxylation is 1. The number of nitrogens with two attached hydrogens (primary N) is 1. The molecule has 0 radical (unpaired) electrons. The van der Waals surface area contributed by atoms with Crippen molar-refractivity contribution in [2.24, 2.45) is 5.14 Å². The molecule has 0 atom stereocenters. The summed E-state index contributed by atoms with van der Waals surface area (Å²) >= 11 is 6.04. The number of hydrogen-bond acceptors (Lipinski definition) is 4. The first-order valence-electron chi connectivity index (χ1n) is 7.57. The third-order valence-corrected chi connectivity index (χ3v) is 5.29. The average molecular weight is 435 g/mol. The fraction of sp³-hybridized carbons (Fsp3) is 0.118. The molecule has 0 unspecified atom stereocenters. The van der Waals surface area contributed by atoms with Crippen LogP contribution in [0.25, 0.3) is 22.4 Å². The van der Waals surface area contributed by atoms with Crippen LogP contribution in [0.15, 0.2) is 39.8 Å². The lowest BCUT2D eigenvalue weighted by atomic mass is 9.98. The molecule has 28 heavy (non-hydrogen) atoms. The Morgan fingerprint density at radius 2 is 1.82 bits per heavy atom. The number of halogens is 5. The first-order chi connectivity index (χ1) is 13.0. The maximum atomic E-state index is 14.6. The molecule has 148 valence electrons. The van der Waals surface area contributed by atoms with E-state index in [1.165, 1.54) is 12.1 Å². The van der Waals surface area contributed by atoms with E-state index in [0.29, 0.717) is 22.7 Å². The summed E-state index contributed by atoms with van der Waals surface area (Å²) in [5, 5.41) is 8.67. The SMILES string of the molecule is Cc1ccc(-c2noc(C(F)F)c2-c2cc(F)c(S(N)(=O)=O)cc2F)cc1Cl. The molecular weight excluding hydrogens is 424 g/mol. The van der Waals surface area contributed by atoms with E-state index in [4.69, 9.17) is 16.7 Å². The molecule has 0 bridgehead atoms. The van der Waals surface area contributed by atoms with Crippen molar-refractivity contribution in [3.05, 3.63) is 58.3 Å². The zero-order valence-electron chi connectivity index (χ0n) is 14.0. The van der Waals surface area contributed by atoms with E-state index in [1.54, 1.807) is 13.0 Å². The minimum Gasteiger partial charge on any atom is -0.354 e. The van der Waals surface area contributed by atoms with Gasteiger partial charge in [0.2, 0.25) is 15.8 Å². The Balaban J connectivity index is 2.31. The van der Waals surface area contributed by atoms with Gasteiger partial charge in [-0.2, -0.15) is 0 Å². The number of sulfonamides is 1. The Hall–Kier alpha value is -2.43. The maximum absolute atomic E-state index is 14.6. The molecule has 0 saturated carbocycles. The van der Waals surface area contributed by atoms with Crippen molar-refractivity contribution in [3.63, 3.8) is 0 Å². The summed E-state index contributed by atoms with van der Waals surface area (Å²) < 4.78 is 82.9. The summed E-state index contributed by atoms with van der Waals surface area (Å²) in [5.41, 5.74) is -0.477. The van der Waals surface area contributed by atoms with Crippen molar-refractivity contribution in [1.29, 1.82) is 0 Å². The Kier molecular flexibility index (Phi) is 5.22. The van der Waals surface area contributed by atoms with E-state index in [-0.39, 0.29) is 11.3 Å². The molecule has 1 aromatic heterocycles. The van der Waals surface area contributed by atoms with Crippen LogP contribution in [0.2, 0.25) is 5.02 Å². The summed E-state index contributed by atoms with van der Waals surface area (Å²) in [6.45, 7) is 1.71. The van der Waals surface area contributed by atoms with Crippen molar-refractivity contribution in [2.45, 2.75) is 18.2 Å². The lowest BCUT2D eigenvalue weighted by Gasteiger charge is -2.09. The highest BCUT2D eigenvalue weighted by Crippen LogP contribution is 2.41. The predicted molar refractivity (Wildman–Crippen MR) is 93.4 cm³/mol. The maximum Gasteiger partial charge on any atom is 0.298 e. The fourth-order valence-corrected chi connectivity index (χ4v) is 3.37. The van der Waals surface area contributed by atoms with Gasteiger partial charge >= 0.3 is 0 Å². The van der Waals surface area contributed by atoms with Gasteiger partial charge < -0.3 is 4.52 Å². The molecule has 0 amide bonds. The molecular formula is C17H11ClF4N2O3S. The second-order valence-corrected chi connectivity index (χ2v) is 7.78. The van der Waals surface area contributed by atoms with Gasteiger partial charge in [-0.15, -0.1) is 0 Å². The zero-order chi connectivity index (χ0) is 20.8. The van der Waals surface area contributed by atoms with Crippen LogP contribution in [0.5, 0.6) is 0 Å². The minimum atomic E-state index is -4.56. The van der Waals surface area contributed by atoms with Gasteiger partial charge in [0.15, 0.2) is 0 Å². The van der Waals surface area contributed by atoms with Crippen molar-refractivity contribution >= 4 is 21.6 Å². The highest BCUT2D eigenvalue weighted by Gasteiger charge is 2.29. The number of alkyl halides is 2. The Morgan fingerprint density at radius 3 is 2.39 bits per heavy atom. The molecule has 0 spiro atoms. The van der Waals surface area contributed by atoms with Gasteiger partial charge in [0.05, 0.1) is 5.56 Å². The van der Waals surface area contributed by atoms with E-state index >= 15 is 0 Å². The third kappa shape index (κ3) is 3.62. The minimum absolute atomic E-state index is 0.209. The second-order valence-electron chi connectivity index (χ2n) is 5.84. The van der Waals surface area contributed by atoms with Gasteiger partial charge in [-0.05, 0) is 30.7 Å². The first-order valence-corrected chi connectivity index (χ1v) is 9.49. The highest BCUT2D eigenvalue weighted by molar-refractivity contribution is 7.89. The van der Waals surface area contributed by atoms with E-state index < -0.39 is 49.9 Å². The molecule has 0 aliphatic rings. The molecule has 2 aromatic carbocycles. The molecule has 3 aromatic rings. The molecule has 0 aliphatic heterocycles. The van der Waals surface area contributed by atoms with Crippen LogP contribution < -0.4 is 5.14 Å². The molecule has 2 N–H and O–H groups in total. The topological polar surface area (TPSA) is 86.2 Å². The zero-order valence-corrected chi connectivity index (χ0v) is 15.6. The monoisotopic (exact) mass is 434 g/mol. The van der Waals surface area contributed by atoms with Gasteiger partial charge in [0.25, 0.3) is 6.43 Å². The Labute approximate surface area is 161 Å². The second kappa shape index (κ2) is 7.19. The van der Waals surface area contributed by atoms with Gasteiger partial charge in [0, 0.05) is 16.1 Å². The summed E-state index contributed by atoms with van der Waals surface area (Å²) in [5.74, 6) is -3.71. The highest BCUT2D eigenvalue weighted by atomic mass is 35.5. The average Bonchev–Trinajstić information content (AvgIpc) is 3.03. The number of rotatable bonds is 4. The van der Waals surface area contributed by atoms with Crippen LogP contribution in [-0.2, 0) is 10.0 Å². The number of aromatic nitrogens is 1. The molecule has 0 aliphatic carbocycles. The molecule has 1 heterocycles. The summed E-state index contributed by atoms with van der Waals surface area (Å²) in [7, 11) is -4.56. The smallest absolute Gasteiger partial charge is 0.298 e. The van der Waals surface area contributed by atoms with E-state index in [2.05, 4.69) is 9.68 Å². The van der Waals surface area contributed by atoms with Crippen molar-refractivity contribution in [3.8, 4) is 22.4 Å². The van der Waals surface area contributed by atoms with E-state index in [9.17, 15) is 26.0 Å². The largest absolute Gasteiger partial charge is 0.354 e.